The molecule has 0 radical (unpaired) electrons. The van der Waals surface area contributed by atoms with Gasteiger partial charge in [-0.1, -0.05) is 42.5 Å². The molecule has 7 heteroatoms. The van der Waals surface area contributed by atoms with E-state index in [0.717, 1.165) is 5.56 Å². The highest BCUT2D eigenvalue weighted by atomic mass is 16.5. The van der Waals surface area contributed by atoms with Crippen molar-refractivity contribution in [1.82, 2.24) is 10.2 Å². The number of ether oxygens (including phenoxy) is 1. The standard InChI is InChI=1S/C21H23N3O4/c1-14(15-8-4-3-5-9-15)24-20(26)17(23-21(24)27)12-13-19(25)22-16-10-6-7-11-18(16)28-2/h3-11,14,17H,12-13H2,1-2H3,(H,22,25)(H,23,27)/t14-,17-/m0/s1. The lowest BCUT2D eigenvalue weighted by Gasteiger charge is -2.21. The van der Waals surface area contributed by atoms with Crippen molar-refractivity contribution in [2.75, 3.05) is 12.4 Å². The molecule has 0 saturated carbocycles. The van der Waals surface area contributed by atoms with Crippen LogP contribution in [0.4, 0.5) is 10.5 Å². The number of rotatable bonds is 7. The van der Waals surface area contributed by atoms with Gasteiger partial charge in [-0.15, -0.1) is 0 Å². The van der Waals surface area contributed by atoms with Gasteiger partial charge in [-0.3, -0.25) is 14.5 Å². The predicted molar refractivity (Wildman–Crippen MR) is 105 cm³/mol. The summed E-state index contributed by atoms with van der Waals surface area (Å²) in [4.78, 5) is 38.5. The lowest BCUT2D eigenvalue weighted by atomic mass is 10.1. The third-order valence-corrected chi connectivity index (χ3v) is 4.76. The van der Waals surface area contributed by atoms with Crippen LogP contribution < -0.4 is 15.4 Å². The van der Waals surface area contributed by atoms with Crippen molar-refractivity contribution in [2.45, 2.75) is 31.8 Å². The van der Waals surface area contributed by atoms with Crippen molar-refractivity contribution in [3.05, 3.63) is 60.2 Å². The highest BCUT2D eigenvalue weighted by Crippen LogP contribution is 2.26. The molecule has 1 fully saturated rings. The molecule has 146 valence electrons. The predicted octanol–water partition coefficient (Wildman–Crippen LogP) is 3.10. The molecule has 1 heterocycles. The summed E-state index contributed by atoms with van der Waals surface area (Å²) in [6, 6.07) is 14.9. The second-order valence-electron chi connectivity index (χ2n) is 6.58. The molecular formula is C21H23N3O4. The average molecular weight is 381 g/mol. The van der Waals surface area contributed by atoms with Gasteiger partial charge in [-0.2, -0.15) is 0 Å². The first kappa shape index (κ1) is 19.4. The van der Waals surface area contributed by atoms with Gasteiger partial charge in [0.2, 0.25) is 5.91 Å². The highest BCUT2D eigenvalue weighted by Gasteiger charge is 2.40. The van der Waals surface area contributed by atoms with Crippen molar-refractivity contribution in [3.63, 3.8) is 0 Å². The molecule has 0 aliphatic carbocycles. The Labute approximate surface area is 163 Å². The summed E-state index contributed by atoms with van der Waals surface area (Å²) in [6.07, 6.45) is 0.325. The molecule has 2 aromatic rings. The number of carbonyl (C=O) groups is 3. The fraction of sp³-hybridized carbons (Fsp3) is 0.286. The SMILES string of the molecule is COc1ccccc1NC(=O)CC[C@@H]1NC(=O)N([C@@H](C)c2ccccc2)C1=O. The van der Waals surface area contributed by atoms with Crippen LogP contribution in [-0.2, 0) is 9.59 Å². The Kier molecular flexibility index (Phi) is 5.93. The summed E-state index contributed by atoms with van der Waals surface area (Å²) in [5, 5.41) is 5.45. The highest BCUT2D eigenvalue weighted by molar-refractivity contribution is 6.05. The number of nitrogens with one attached hydrogen (secondary N) is 2. The summed E-state index contributed by atoms with van der Waals surface area (Å²) in [5.74, 6) is -0.00323. The van der Waals surface area contributed by atoms with Gasteiger partial charge < -0.3 is 15.4 Å². The van der Waals surface area contributed by atoms with Crippen molar-refractivity contribution in [2.24, 2.45) is 0 Å². The van der Waals surface area contributed by atoms with Crippen molar-refractivity contribution < 1.29 is 19.1 Å². The van der Waals surface area contributed by atoms with Gasteiger partial charge in [-0.05, 0) is 31.0 Å². The van der Waals surface area contributed by atoms with E-state index < -0.39 is 12.1 Å². The molecule has 4 amide bonds. The summed E-state index contributed by atoms with van der Waals surface area (Å²) in [5.41, 5.74) is 1.44. The zero-order valence-corrected chi connectivity index (χ0v) is 15.8. The maximum Gasteiger partial charge on any atom is 0.325 e. The largest absolute Gasteiger partial charge is 0.495 e. The van der Waals surface area contributed by atoms with Gasteiger partial charge in [0.1, 0.15) is 11.8 Å². The molecule has 0 unspecified atom stereocenters. The number of urea groups is 1. The molecule has 0 bridgehead atoms. The first-order valence-electron chi connectivity index (χ1n) is 9.12. The van der Waals surface area contributed by atoms with Crippen LogP contribution in [0.5, 0.6) is 5.75 Å². The van der Waals surface area contributed by atoms with Gasteiger partial charge in [0.05, 0.1) is 18.8 Å². The molecule has 2 aromatic carbocycles. The number of hydrogen-bond donors (Lipinski definition) is 2. The second kappa shape index (κ2) is 8.56. The summed E-state index contributed by atoms with van der Waals surface area (Å²) in [6.45, 7) is 1.81. The number of hydrogen-bond acceptors (Lipinski definition) is 4. The summed E-state index contributed by atoms with van der Waals surface area (Å²) < 4.78 is 5.21. The van der Waals surface area contributed by atoms with Crippen LogP contribution in [0.2, 0.25) is 0 Å². The minimum atomic E-state index is -0.706. The number of benzene rings is 2. The van der Waals surface area contributed by atoms with E-state index in [2.05, 4.69) is 10.6 Å². The van der Waals surface area contributed by atoms with E-state index in [1.165, 1.54) is 12.0 Å². The van der Waals surface area contributed by atoms with E-state index in [0.29, 0.717) is 11.4 Å². The minimum Gasteiger partial charge on any atom is -0.495 e. The van der Waals surface area contributed by atoms with Crippen molar-refractivity contribution >= 4 is 23.5 Å². The number of amides is 4. The van der Waals surface area contributed by atoms with Crippen molar-refractivity contribution in [3.8, 4) is 5.75 Å². The van der Waals surface area contributed by atoms with Gasteiger partial charge in [0.15, 0.2) is 0 Å². The number of anilines is 1. The molecule has 0 spiro atoms. The topological polar surface area (TPSA) is 87.7 Å². The Morgan fingerprint density at radius 3 is 2.54 bits per heavy atom. The molecule has 2 N–H and O–H groups in total. The maximum absolute atomic E-state index is 12.7. The monoisotopic (exact) mass is 381 g/mol. The molecule has 2 atom stereocenters. The zero-order valence-electron chi connectivity index (χ0n) is 15.8. The Balaban J connectivity index is 1.59. The Morgan fingerprint density at radius 1 is 1.14 bits per heavy atom. The third-order valence-electron chi connectivity index (χ3n) is 4.76. The Bertz CT molecular complexity index is 869. The molecule has 1 saturated heterocycles. The minimum absolute atomic E-state index is 0.0995. The van der Waals surface area contributed by atoms with Crippen LogP contribution in [0.1, 0.15) is 31.4 Å². The van der Waals surface area contributed by atoms with Crippen LogP contribution in [0.25, 0.3) is 0 Å². The summed E-state index contributed by atoms with van der Waals surface area (Å²) >= 11 is 0. The van der Waals surface area contributed by atoms with E-state index in [4.69, 9.17) is 4.74 Å². The fourth-order valence-electron chi connectivity index (χ4n) is 3.23. The number of imide groups is 1. The zero-order chi connectivity index (χ0) is 20.1. The van der Waals surface area contributed by atoms with E-state index >= 15 is 0 Å². The lowest BCUT2D eigenvalue weighted by Crippen LogP contribution is -2.34. The molecule has 1 aliphatic heterocycles. The van der Waals surface area contributed by atoms with E-state index in [1.54, 1.807) is 18.2 Å². The molecule has 0 aromatic heterocycles. The van der Waals surface area contributed by atoms with Crippen LogP contribution in [0.15, 0.2) is 54.6 Å². The average Bonchev–Trinajstić information content (AvgIpc) is 3.00. The Morgan fingerprint density at radius 2 is 1.82 bits per heavy atom. The van der Waals surface area contributed by atoms with Gasteiger partial charge >= 0.3 is 6.03 Å². The molecule has 1 aliphatic rings. The molecule has 28 heavy (non-hydrogen) atoms. The van der Waals surface area contributed by atoms with Gasteiger partial charge in [0.25, 0.3) is 5.91 Å². The first-order chi connectivity index (χ1) is 13.5. The van der Waals surface area contributed by atoms with Gasteiger partial charge in [0, 0.05) is 6.42 Å². The van der Waals surface area contributed by atoms with Crippen LogP contribution in [0.3, 0.4) is 0 Å². The lowest BCUT2D eigenvalue weighted by molar-refractivity contribution is -0.129. The summed E-state index contributed by atoms with van der Waals surface area (Å²) in [7, 11) is 1.53. The normalized spacial score (nSPS) is 17.2. The van der Waals surface area contributed by atoms with E-state index in [-0.39, 0.29) is 30.7 Å². The van der Waals surface area contributed by atoms with Crippen molar-refractivity contribution in [1.29, 1.82) is 0 Å². The second-order valence-corrected chi connectivity index (χ2v) is 6.58. The Hall–Kier alpha value is -3.35. The smallest absolute Gasteiger partial charge is 0.325 e. The van der Waals surface area contributed by atoms with E-state index in [9.17, 15) is 14.4 Å². The van der Waals surface area contributed by atoms with Crippen LogP contribution in [0, 0.1) is 0 Å². The fourth-order valence-corrected chi connectivity index (χ4v) is 3.23. The number of carbonyl (C=O) groups excluding carboxylic acids is 3. The van der Waals surface area contributed by atoms with Crippen LogP contribution in [-0.4, -0.2) is 35.9 Å². The van der Waals surface area contributed by atoms with Crippen LogP contribution >= 0.6 is 0 Å². The third kappa shape index (κ3) is 4.14. The first-order valence-corrected chi connectivity index (χ1v) is 9.12. The quantitative estimate of drug-likeness (QED) is 0.722. The van der Waals surface area contributed by atoms with E-state index in [1.807, 2.05) is 43.3 Å². The maximum atomic E-state index is 12.7. The van der Waals surface area contributed by atoms with Gasteiger partial charge in [-0.25, -0.2) is 4.79 Å². The number of nitrogens with zero attached hydrogens (tertiary/aromatic N) is 1. The number of methoxy groups -OCH3 is 1. The molecule has 3 rings (SSSR count). The molecule has 7 nitrogen and oxygen atoms in total. The molecular weight excluding hydrogens is 358 g/mol. The number of para-hydroxylation sites is 2.